The smallest absolute Gasteiger partial charge is 0.124 e. The van der Waals surface area contributed by atoms with Crippen molar-refractivity contribution in [2.24, 2.45) is 5.92 Å². The number of imidazole rings is 1. The number of halogens is 3. The number of likely N-dealkylation sites (tertiary alicyclic amines) is 1. The van der Waals surface area contributed by atoms with Gasteiger partial charge in [0.15, 0.2) is 0 Å². The molecule has 1 aromatic carbocycles. The van der Waals surface area contributed by atoms with Gasteiger partial charge >= 0.3 is 0 Å². The Balaban J connectivity index is 1.97. The molecular formula is C15H18Cl3N3. The maximum Gasteiger partial charge on any atom is 0.124 e. The molecule has 2 heterocycles. The van der Waals surface area contributed by atoms with E-state index in [2.05, 4.69) is 21.5 Å². The number of piperidine rings is 1. The predicted octanol–water partition coefficient (Wildman–Crippen LogP) is 4.42. The van der Waals surface area contributed by atoms with Crippen LogP contribution in [0.1, 0.15) is 18.7 Å². The molecule has 1 aliphatic heterocycles. The number of aromatic nitrogens is 2. The van der Waals surface area contributed by atoms with Gasteiger partial charge in [-0.3, -0.25) is 0 Å². The lowest BCUT2D eigenvalue weighted by molar-refractivity contribution is 0.195. The summed E-state index contributed by atoms with van der Waals surface area (Å²) in [5, 5.41) is 1.10. The van der Waals surface area contributed by atoms with Crippen molar-refractivity contribution in [3.63, 3.8) is 0 Å². The highest BCUT2D eigenvalue weighted by atomic mass is 35.5. The quantitative estimate of drug-likeness (QED) is 0.767. The van der Waals surface area contributed by atoms with Crippen molar-refractivity contribution in [2.75, 3.05) is 20.1 Å². The van der Waals surface area contributed by atoms with Gasteiger partial charge in [0.25, 0.3) is 0 Å². The molecule has 0 N–H and O–H groups in total. The number of benzene rings is 1. The molecule has 1 aliphatic rings. The summed E-state index contributed by atoms with van der Waals surface area (Å²) >= 11 is 18.3. The third-order valence-corrected chi connectivity index (χ3v) is 5.11. The van der Waals surface area contributed by atoms with E-state index in [4.69, 9.17) is 34.8 Å². The number of hydrogen-bond donors (Lipinski definition) is 0. The molecule has 21 heavy (non-hydrogen) atoms. The zero-order valence-electron chi connectivity index (χ0n) is 12.0. The van der Waals surface area contributed by atoms with Gasteiger partial charge in [0.2, 0.25) is 0 Å². The van der Waals surface area contributed by atoms with Gasteiger partial charge < -0.3 is 9.47 Å². The Bertz CT molecular complexity index is 653. The van der Waals surface area contributed by atoms with Gasteiger partial charge in [-0.2, -0.15) is 0 Å². The molecule has 1 aromatic heterocycles. The zero-order chi connectivity index (χ0) is 15.0. The highest BCUT2D eigenvalue weighted by Gasteiger charge is 2.20. The Hall–Kier alpha value is -0.480. The van der Waals surface area contributed by atoms with E-state index in [1.807, 2.05) is 12.1 Å². The van der Waals surface area contributed by atoms with Crippen molar-refractivity contribution in [2.45, 2.75) is 25.3 Å². The molecule has 0 bridgehead atoms. The summed E-state index contributed by atoms with van der Waals surface area (Å²) in [5.41, 5.74) is 1.89. The molecule has 6 heteroatoms. The standard InChI is InChI=1S/C15H18Cl3N3/c1-20-4-2-3-10(8-20)9-21-14-6-12(18)11(17)5-13(14)19-15(21)7-16/h5-6,10H,2-4,7-9H2,1H3. The van der Waals surface area contributed by atoms with Crippen LogP contribution in [0, 0.1) is 5.92 Å². The number of hydrogen-bond acceptors (Lipinski definition) is 2. The first-order valence-electron chi connectivity index (χ1n) is 7.17. The van der Waals surface area contributed by atoms with Crippen molar-refractivity contribution >= 4 is 45.8 Å². The summed E-state index contributed by atoms with van der Waals surface area (Å²) in [6, 6.07) is 3.72. The number of fused-ring (bicyclic) bond motifs is 1. The minimum atomic E-state index is 0.395. The van der Waals surface area contributed by atoms with Gasteiger partial charge in [0.1, 0.15) is 5.82 Å². The van der Waals surface area contributed by atoms with Crippen LogP contribution in [-0.4, -0.2) is 34.6 Å². The van der Waals surface area contributed by atoms with Crippen LogP contribution in [0.2, 0.25) is 10.0 Å². The summed E-state index contributed by atoms with van der Waals surface area (Å²) in [4.78, 5) is 6.98. The highest BCUT2D eigenvalue weighted by molar-refractivity contribution is 6.42. The Kier molecular flexibility index (Phi) is 4.65. The van der Waals surface area contributed by atoms with Gasteiger partial charge in [-0.15, -0.1) is 11.6 Å². The summed E-state index contributed by atoms with van der Waals surface area (Å²) in [6.45, 7) is 3.23. The molecule has 0 aliphatic carbocycles. The minimum Gasteiger partial charge on any atom is -0.327 e. The van der Waals surface area contributed by atoms with Crippen LogP contribution in [0.25, 0.3) is 11.0 Å². The molecule has 0 radical (unpaired) electrons. The van der Waals surface area contributed by atoms with Gasteiger partial charge in [-0.05, 0) is 44.5 Å². The summed E-state index contributed by atoms with van der Waals surface area (Å²) < 4.78 is 2.20. The van der Waals surface area contributed by atoms with E-state index in [1.54, 1.807) is 0 Å². The lowest BCUT2D eigenvalue weighted by Crippen LogP contribution is -2.34. The third kappa shape index (κ3) is 3.16. The van der Waals surface area contributed by atoms with E-state index in [9.17, 15) is 0 Å². The van der Waals surface area contributed by atoms with E-state index in [1.165, 1.54) is 19.4 Å². The van der Waals surface area contributed by atoms with Gasteiger partial charge in [-0.1, -0.05) is 23.2 Å². The summed E-state index contributed by atoms with van der Waals surface area (Å²) in [7, 11) is 2.18. The number of nitrogens with zero attached hydrogens (tertiary/aromatic N) is 3. The van der Waals surface area contributed by atoms with Crippen molar-refractivity contribution < 1.29 is 0 Å². The molecule has 0 saturated carbocycles. The molecule has 3 rings (SSSR count). The molecule has 1 unspecified atom stereocenters. The van der Waals surface area contributed by atoms with E-state index >= 15 is 0 Å². The normalized spacial score (nSPS) is 20.3. The van der Waals surface area contributed by atoms with Gasteiger partial charge in [0, 0.05) is 13.1 Å². The number of alkyl halides is 1. The highest BCUT2D eigenvalue weighted by Crippen LogP contribution is 2.30. The Morgan fingerprint density at radius 3 is 2.76 bits per heavy atom. The molecule has 1 fully saturated rings. The number of rotatable bonds is 3. The maximum atomic E-state index is 6.16. The van der Waals surface area contributed by atoms with Gasteiger partial charge in [-0.25, -0.2) is 4.98 Å². The fourth-order valence-electron chi connectivity index (χ4n) is 3.16. The largest absolute Gasteiger partial charge is 0.327 e. The topological polar surface area (TPSA) is 21.1 Å². The molecule has 2 aromatic rings. The Labute approximate surface area is 139 Å². The van der Waals surface area contributed by atoms with Crippen LogP contribution in [0.4, 0.5) is 0 Å². The second-order valence-electron chi connectivity index (χ2n) is 5.80. The molecule has 1 saturated heterocycles. The van der Waals surface area contributed by atoms with Crippen molar-refractivity contribution in [3.8, 4) is 0 Å². The van der Waals surface area contributed by atoms with Crippen LogP contribution in [0.5, 0.6) is 0 Å². The van der Waals surface area contributed by atoms with Crippen molar-refractivity contribution in [1.29, 1.82) is 0 Å². The molecular weight excluding hydrogens is 329 g/mol. The summed E-state index contributed by atoms with van der Waals surface area (Å²) in [6.07, 6.45) is 2.49. The van der Waals surface area contributed by atoms with Crippen molar-refractivity contribution in [1.82, 2.24) is 14.5 Å². The first kappa shape index (κ1) is 15.4. The first-order valence-corrected chi connectivity index (χ1v) is 8.46. The molecule has 1 atom stereocenters. The van der Waals surface area contributed by atoms with E-state index in [0.717, 1.165) is 29.9 Å². The fraction of sp³-hybridized carbons (Fsp3) is 0.533. The van der Waals surface area contributed by atoms with E-state index in [0.29, 0.717) is 21.8 Å². The predicted molar refractivity (Wildman–Crippen MR) is 89.5 cm³/mol. The van der Waals surface area contributed by atoms with Crippen LogP contribution >= 0.6 is 34.8 Å². The fourth-order valence-corrected chi connectivity index (χ4v) is 3.68. The lowest BCUT2D eigenvalue weighted by atomic mass is 9.98. The van der Waals surface area contributed by atoms with Crippen LogP contribution in [-0.2, 0) is 12.4 Å². The second-order valence-corrected chi connectivity index (χ2v) is 6.88. The third-order valence-electron chi connectivity index (χ3n) is 4.15. The zero-order valence-corrected chi connectivity index (χ0v) is 14.2. The van der Waals surface area contributed by atoms with Crippen LogP contribution in [0.3, 0.4) is 0 Å². The Morgan fingerprint density at radius 2 is 2.05 bits per heavy atom. The maximum absolute atomic E-state index is 6.16. The van der Waals surface area contributed by atoms with Crippen molar-refractivity contribution in [3.05, 3.63) is 28.0 Å². The van der Waals surface area contributed by atoms with Crippen LogP contribution < -0.4 is 0 Å². The molecule has 114 valence electrons. The minimum absolute atomic E-state index is 0.395. The average Bonchev–Trinajstić information content (AvgIpc) is 2.77. The molecule has 0 amide bonds. The van der Waals surface area contributed by atoms with E-state index in [-0.39, 0.29) is 0 Å². The molecule has 0 spiro atoms. The average molecular weight is 347 g/mol. The molecule has 3 nitrogen and oxygen atoms in total. The lowest BCUT2D eigenvalue weighted by Gasteiger charge is -2.30. The Morgan fingerprint density at radius 1 is 1.29 bits per heavy atom. The van der Waals surface area contributed by atoms with Gasteiger partial charge in [0.05, 0.1) is 27.0 Å². The second kappa shape index (κ2) is 6.33. The first-order chi connectivity index (χ1) is 10.1. The van der Waals surface area contributed by atoms with Crippen LogP contribution in [0.15, 0.2) is 12.1 Å². The van der Waals surface area contributed by atoms with E-state index < -0.39 is 0 Å². The monoisotopic (exact) mass is 345 g/mol. The summed E-state index contributed by atoms with van der Waals surface area (Å²) in [5.74, 6) is 1.91. The SMILES string of the molecule is CN1CCCC(Cn2c(CCl)nc3cc(Cl)c(Cl)cc32)C1.